The van der Waals surface area contributed by atoms with Crippen molar-refractivity contribution in [3.05, 3.63) is 76.4 Å². The van der Waals surface area contributed by atoms with Gasteiger partial charge in [-0.05, 0) is 48.6 Å². The number of carbonyl (C=O) groups is 2. The van der Waals surface area contributed by atoms with Gasteiger partial charge in [0.05, 0.1) is 0 Å². The highest BCUT2D eigenvalue weighted by atomic mass is 16.6. The molecule has 2 atom stereocenters. The summed E-state index contributed by atoms with van der Waals surface area (Å²) in [7, 11) is 0. The fourth-order valence-electron chi connectivity index (χ4n) is 5.09. The molecule has 166 valence electrons. The third kappa shape index (κ3) is 2.49. The van der Waals surface area contributed by atoms with Gasteiger partial charge in [-0.3, -0.25) is 9.59 Å². The van der Waals surface area contributed by atoms with Crippen LogP contribution in [0.4, 0.5) is 0 Å². The molecule has 1 aromatic heterocycles. The van der Waals surface area contributed by atoms with Crippen LogP contribution in [-0.2, 0) is 10.3 Å². The Morgan fingerprint density at radius 3 is 2.73 bits per heavy atom. The first-order chi connectivity index (χ1) is 15.8. The number of amides is 1. The van der Waals surface area contributed by atoms with Crippen LogP contribution in [0.2, 0.25) is 0 Å². The zero-order valence-corrected chi connectivity index (χ0v) is 18.2. The maximum atomic E-state index is 13.9. The Hall–Kier alpha value is -3.78. The molecule has 1 aliphatic heterocycles. The summed E-state index contributed by atoms with van der Waals surface area (Å²) in [5.74, 6) is -2.29. The molecule has 3 aliphatic rings. The molecular formula is C25H22N4O4. The molecule has 1 fully saturated rings. The minimum Gasteiger partial charge on any atom is -0.454 e. The maximum Gasteiger partial charge on any atom is 0.270 e. The van der Waals surface area contributed by atoms with Crippen LogP contribution in [0.3, 0.4) is 0 Å². The number of aromatic amines is 1. The number of aromatic nitrogens is 3. The second-order valence-electron chi connectivity index (χ2n) is 9.03. The van der Waals surface area contributed by atoms with Crippen molar-refractivity contribution in [2.75, 3.05) is 0 Å². The maximum absolute atomic E-state index is 13.9. The first-order valence-electron chi connectivity index (χ1n) is 11.0. The minimum absolute atomic E-state index is 0.230. The number of hydrogen-bond donors (Lipinski definition) is 3. The number of nitrogens with zero attached hydrogens (tertiary/aromatic N) is 2. The Morgan fingerprint density at radius 2 is 1.91 bits per heavy atom. The van der Waals surface area contributed by atoms with E-state index in [1.807, 2.05) is 24.3 Å². The van der Waals surface area contributed by atoms with Crippen molar-refractivity contribution >= 4 is 22.7 Å². The number of allylic oxidation sites excluding steroid dienone is 2. The smallest absolute Gasteiger partial charge is 0.270 e. The number of H-pyrrole nitrogens is 1. The molecule has 1 saturated carbocycles. The Labute approximate surface area is 189 Å². The van der Waals surface area contributed by atoms with Crippen LogP contribution in [0.5, 0.6) is 5.75 Å². The van der Waals surface area contributed by atoms with Crippen LogP contribution in [0.25, 0.3) is 11.0 Å². The standard InChI is InChI=1S/C25H22N4O4/c1-13(2)14-7-9-18-21(12-14)33-25(32)17-6-4-3-5-16(17)22(30)24(18,25)26-23(31)15-8-10-19-20(11-15)28-29-27-19/h5-13,32H,3-4H2,1-2H3,(H,26,31)(H,27,28,29). The summed E-state index contributed by atoms with van der Waals surface area (Å²) >= 11 is 0. The van der Waals surface area contributed by atoms with Gasteiger partial charge in [-0.1, -0.05) is 38.1 Å². The van der Waals surface area contributed by atoms with E-state index in [9.17, 15) is 14.7 Å². The number of nitrogens with one attached hydrogen (secondary N) is 2. The second-order valence-corrected chi connectivity index (χ2v) is 9.03. The topological polar surface area (TPSA) is 117 Å². The predicted molar refractivity (Wildman–Crippen MR) is 120 cm³/mol. The molecule has 6 rings (SSSR count). The van der Waals surface area contributed by atoms with E-state index in [0.717, 1.165) is 5.56 Å². The van der Waals surface area contributed by atoms with Crippen LogP contribution in [-0.4, -0.2) is 38.0 Å². The third-order valence-corrected chi connectivity index (χ3v) is 6.83. The molecule has 0 bridgehead atoms. The Balaban J connectivity index is 1.52. The quantitative estimate of drug-likeness (QED) is 0.574. The van der Waals surface area contributed by atoms with Crippen LogP contribution in [0.15, 0.2) is 59.7 Å². The van der Waals surface area contributed by atoms with Crippen LogP contribution in [0.1, 0.15) is 54.1 Å². The monoisotopic (exact) mass is 442 g/mol. The highest BCUT2D eigenvalue weighted by molar-refractivity contribution is 6.16. The zero-order valence-electron chi connectivity index (χ0n) is 18.2. The summed E-state index contributed by atoms with van der Waals surface area (Å²) in [6.45, 7) is 4.11. The average molecular weight is 442 g/mol. The van der Waals surface area contributed by atoms with Crippen LogP contribution in [0, 0.1) is 0 Å². The first-order valence-corrected chi connectivity index (χ1v) is 11.0. The van der Waals surface area contributed by atoms with Gasteiger partial charge in [0.1, 0.15) is 16.8 Å². The Morgan fingerprint density at radius 1 is 1.12 bits per heavy atom. The molecule has 8 nitrogen and oxygen atoms in total. The SMILES string of the molecule is CC(C)c1ccc2c(c1)OC1(O)C3=CCCC=C3C(=O)C21NC(=O)c1ccc2n[nH]nc2c1. The summed E-state index contributed by atoms with van der Waals surface area (Å²) in [6.07, 6.45) is 5.01. The lowest BCUT2D eigenvalue weighted by atomic mass is 9.82. The molecule has 1 amide bonds. The van der Waals surface area contributed by atoms with E-state index in [1.54, 1.807) is 24.3 Å². The molecule has 2 unspecified atom stereocenters. The van der Waals surface area contributed by atoms with Crippen molar-refractivity contribution < 1.29 is 19.4 Å². The van der Waals surface area contributed by atoms with Crippen molar-refractivity contribution in [2.24, 2.45) is 0 Å². The van der Waals surface area contributed by atoms with Crippen molar-refractivity contribution in [3.8, 4) is 5.75 Å². The Bertz CT molecular complexity index is 1420. The van der Waals surface area contributed by atoms with Gasteiger partial charge in [0.15, 0.2) is 5.78 Å². The van der Waals surface area contributed by atoms with Gasteiger partial charge < -0.3 is 15.2 Å². The summed E-state index contributed by atoms with van der Waals surface area (Å²) in [4.78, 5) is 27.3. The molecule has 2 aliphatic carbocycles. The molecular weight excluding hydrogens is 420 g/mol. The first kappa shape index (κ1) is 19.9. The number of fused-ring (bicyclic) bond motifs is 6. The van der Waals surface area contributed by atoms with E-state index in [-0.39, 0.29) is 11.7 Å². The van der Waals surface area contributed by atoms with Crippen molar-refractivity contribution in [3.63, 3.8) is 0 Å². The van der Waals surface area contributed by atoms with E-state index in [2.05, 4.69) is 34.6 Å². The molecule has 8 heteroatoms. The third-order valence-electron chi connectivity index (χ3n) is 6.83. The number of benzene rings is 2. The number of Topliss-reactive ketones (excluding diaryl/α,β-unsaturated/α-hetero) is 1. The van der Waals surface area contributed by atoms with Crippen molar-refractivity contribution in [1.82, 2.24) is 20.7 Å². The summed E-state index contributed by atoms with van der Waals surface area (Å²) < 4.78 is 6.13. The lowest BCUT2D eigenvalue weighted by molar-refractivity contribution is -0.152. The van der Waals surface area contributed by atoms with E-state index in [1.165, 1.54) is 0 Å². The van der Waals surface area contributed by atoms with Crippen LogP contribution < -0.4 is 10.1 Å². The second kappa shape index (κ2) is 6.62. The minimum atomic E-state index is -2.03. The lowest BCUT2D eigenvalue weighted by Gasteiger charge is -2.34. The van der Waals surface area contributed by atoms with Crippen LogP contribution >= 0.6 is 0 Å². The highest BCUT2D eigenvalue weighted by Gasteiger charge is 2.73. The van der Waals surface area contributed by atoms with E-state index in [4.69, 9.17) is 4.74 Å². The van der Waals surface area contributed by atoms with Crippen molar-refractivity contribution in [1.29, 1.82) is 0 Å². The van der Waals surface area contributed by atoms with E-state index in [0.29, 0.717) is 51.9 Å². The van der Waals surface area contributed by atoms with E-state index < -0.39 is 17.2 Å². The number of hydrogen-bond acceptors (Lipinski definition) is 6. The molecule has 3 aromatic rings. The predicted octanol–water partition coefficient (Wildman–Crippen LogP) is 3.02. The normalized spacial score (nSPS) is 25.3. The molecule has 33 heavy (non-hydrogen) atoms. The van der Waals surface area contributed by atoms with Gasteiger partial charge in [0.2, 0.25) is 5.54 Å². The van der Waals surface area contributed by atoms with E-state index >= 15 is 0 Å². The van der Waals surface area contributed by atoms with Gasteiger partial charge in [-0.25, -0.2) is 0 Å². The van der Waals surface area contributed by atoms with Gasteiger partial charge in [0.25, 0.3) is 11.7 Å². The fraction of sp³-hybridized carbons (Fsp3) is 0.280. The Kier molecular flexibility index (Phi) is 3.98. The average Bonchev–Trinajstić information content (AvgIpc) is 3.43. The van der Waals surface area contributed by atoms with Gasteiger partial charge in [0, 0.05) is 22.3 Å². The summed E-state index contributed by atoms with van der Waals surface area (Å²) in [5.41, 5.74) is 1.93. The molecule has 0 radical (unpaired) electrons. The number of ether oxygens (including phenoxy) is 1. The highest BCUT2D eigenvalue weighted by Crippen LogP contribution is 2.59. The summed E-state index contributed by atoms with van der Waals surface area (Å²) in [6, 6.07) is 10.4. The largest absolute Gasteiger partial charge is 0.454 e. The van der Waals surface area contributed by atoms with Crippen molar-refractivity contribution in [2.45, 2.75) is 43.9 Å². The van der Waals surface area contributed by atoms with Gasteiger partial charge in [-0.2, -0.15) is 15.4 Å². The lowest BCUT2D eigenvalue weighted by Crippen LogP contribution is -2.62. The number of carbonyl (C=O) groups excluding carboxylic acids is 2. The van der Waals surface area contributed by atoms with Gasteiger partial charge in [-0.15, -0.1) is 0 Å². The number of rotatable bonds is 3. The molecule has 0 spiro atoms. The van der Waals surface area contributed by atoms with Gasteiger partial charge >= 0.3 is 0 Å². The molecule has 3 N–H and O–H groups in total. The number of ketones is 1. The fourth-order valence-corrected chi connectivity index (χ4v) is 5.09. The number of aliphatic hydroxyl groups is 1. The molecule has 0 saturated heterocycles. The summed E-state index contributed by atoms with van der Waals surface area (Å²) in [5, 5.41) is 25.4. The molecule has 2 heterocycles. The zero-order chi connectivity index (χ0) is 23.0. The molecule has 2 aromatic carbocycles.